The molecule has 0 spiro atoms. The highest BCUT2D eigenvalue weighted by Crippen LogP contribution is 2.22. The van der Waals surface area contributed by atoms with Crippen LogP contribution in [0.15, 0.2) is 30.3 Å². The van der Waals surface area contributed by atoms with Crippen molar-refractivity contribution in [3.63, 3.8) is 0 Å². The van der Waals surface area contributed by atoms with Crippen molar-refractivity contribution in [2.45, 2.75) is 58.3 Å². The molecular weight excluding hydrogens is 274 g/mol. The molecule has 1 aromatic carbocycles. The number of carbonyl (C=O) groups is 1. The Labute approximate surface area is 135 Å². The van der Waals surface area contributed by atoms with Crippen LogP contribution < -0.4 is 5.32 Å². The van der Waals surface area contributed by atoms with Gasteiger partial charge in [-0.05, 0) is 37.2 Å². The lowest BCUT2D eigenvalue weighted by Gasteiger charge is -2.19. The minimum Gasteiger partial charge on any atom is -0.396 e. The van der Waals surface area contributed by atoms with E-state index < -0.39 is 0 Å². The van der Waals surface area contributed by atoms with E-state index in [0.717, 1.165) is 38.5 Å². The molecule has 0 saturated carbocycles. The summed E-state index contributed by atoms with van der Waals surface area (Å²) in [5.74, 6) is 0.657. The molecule has 22 heavy (non-hydrogen) atoms. The Morgan fingerprint density at radius 2 is 1.68 bits per heavy atom. The van der Waals surface area contributed by atoms with Crippen molar-refractivity contribution in [2.24, 2.45) is 5.92 Å². The van der Waals surface area contributed by atoms with Gasteiger partial charge in [-0.1, -0.05) is 57.0 Å². The van der Waals surface area contributed by atoms with Crippen LogP contribution in [-0.2, 0) is 4.79 Å². The molecule has 1 aromatic rings. The number of carbonyl (C=O) groups excluding carboxylic acids is 1. The third kappa shape index (κ3) is 6.61. The number of hydrogen-bond donors (Lipinski definition) is 2. The van der Waals surface area contributed by atoms with Gasteiger partial charge in [-0.25, -0.2) is 0 Å². The topological polar surface area (TPSA) is 49.3 Å². The van der Waals surface area contributed by atoms with Gasteiger partial charge in [-0.15, -0.1) is 0 Å². The Hall–Kier alpha value is -1.35. The van der Waals surface area contributed by atoms with Crippen molar-refractivity contribution < 1.29 is 9.90 Å². The second-order valence-corrected chi connectivity index (χ2v) is 5.97. The highest BCUT2D eigenvalue weighted by Gasteiger charge is 2.17. The maximum atomic E-state index is 12.2. The fraction of sp³-hybridized carbons (Fsp3) is 0.632. The molecule has 0 aliphatic rings. The molecule has 124 valence electrons. The minimum atomic E-state index is 0.156. The molecule has 0 saturated heterocycles. The summed E-state index contributed by atoms with van der Waals surface area (Å²) in [4.78, 5) is 12.2. The quantitative estimate of drug-likeness (QED) is 0.652. The Bertz CT molecular complexity index is 399. The van der Waals surface area contributed by atoms with Crippen molar-refractivity contribution in [2.75, 3.05) is 13.2 Å². The number of rotatable bonds is 11. The normalized spacial score (nSPS) is 12.4. The van der Waals surface area contributed by atoms with Crippen LogP contribution in [0.5, 0.6) is 0 Å². The first-order valence-corrected chi connectivity index (χ1v) is 8.66. The van der Waals surface area contributed by atoms with E-state index in [1.165, 1.54) is 5.56 Å². The average molecular weight is 305 g/mol. The molecule has 1 amide bonds. The number of nitrogens with one attached hydrogen (secondary N) is 1. The van der Waals surface area contributed by atoms with Gasteiger partial charge >= 0.3 is 0 Å². The Morgan fingerprint density at radius 3 is 2.23 bits per heavy atom. The van der Waals surface area contributed by atoms with Gasteiger partial charge in [0.2, 0.25) is 5.91 Å². The molecule has 2 N–H and O–H groups in total. The van der Waals surface area contributed by atoms with E-state index in [4.69, 9.17) is 0 Å². The number of amides is 1. The van der Waals surface area contributed by atoms with Gasteiger partial charge in [0.15, 0.2) is 0 Å². The summed E-state index contributed by atoms with van der Waals surface area (Å²) < 4.78 is 0. The third-order valence-electron chi connectivity index (χ3n) is 4.19. The maximum absolute atomic E-state index is 12.2. The monoisotopic (exact) mass is 305 g/mol. The van der Waals surface area contributed by atoms with Gasteiger partial charge < -0.3 is 10.4 Å². The lowest BCUT2D eigenvalue weighted by atomic mass is 9.92. The highest BCUT2D eigenvalue weighted by molar-refractivity contribution is 5.78. The molecule has 1 atom stereocenters. The van der Waals surface area contributed by atoms with Gasteiger partial charge in [0, 0.05) is 19.1 Å². The average Bonchev–Trinajstić information content (AvgIpc) is 2.54. The number of hydrogen-bond acceptors (Lipinski definition) is 2. The molecular formula is C19H31NO2. The van der Waals surface area contributed by atoms with E-state index in [1.807, 2.05) is 18.2 Å². The van der Waals surface area contributed by atoms with Crippen molar-refractivity contribution in [1.29, 1.82) is 0 Å². The van der Waals surface area contributed by atoms with Crippen LogP contribution in [0.2, 0.25) is 0 Å². The van der Waals surface area contributed by atoms with Crippen LogP contribution in [0.1, 0.15) is 63.9 Å². The van der Waals surface area contributed by atoms with Crippen molar-refractivity contribution in [1.82, 2.24) is 5.32 Å². The first-order chi connectivity index (χ1) is 10.7. The minimum absolute atomic E-state index is 0.156. The molecule has 0 heterocycles. The number of benzene rings is 1. The van der Waals surface area contributed by atoms with E-state index in [9.17, 15) is 9.90 Å². The summed E-state index contributed by atoms with van der Waals surface area (Å²) in [6.45, 7) is 5.12. The predicted octanol–water partition coefficient (Wildman–Crippen LogP) is 3.88. The zero-order chi connectivity index (χ0) is 16.2. The maximum Gasteiger partial charge on any atom is 0.223 e. The molecule has 0 aromatic heterocycles. The van der Waals surface area contributed by atoms with Gasteiger partial charge in [-0.3, -0.25) is 4.79 Å². The van der Waals surface area contributed by atoms with Gasteiger partial charge in [-0.2, -0.15) is 0 Å². The molecule has 3 heteroatoms. The predicted molar refractivity (Wildman–Crippen MR) is 91.8 cm³/mol. The number of aliphatic hydroxyl groups is 1. The van der Waals surface area contributed by atoms with Crippen LogP contribution >= 0.6 is 0 Å². The summed E-state index contributed by atoms with van der Waals surface area (Å²) in [6, 6.07) is 10.2. The Kier molecular flexibility index (Phi) is 9.56. The van der Waals surface area contributed by atoms with Gasteiger partial charge in [0.05, 0.1) is 0 Å². The Morgan fingerprint density at radius 1 is 1.05 bits per heavy atom. The smallest absolute Gasteiger partial charge is 0.223 e. The third-order valence-corrected chi connectivity index (χ3v) is 4.19. The molecule has 0 bridgehead atoms. The van der Waals surface area contributed by atoms with Crippen molar-refractivity contribution in [3.8, 4) is 0 Å². The van der Waals surface area contributed by atoms with E-state index in [-0.39, 0.29) is 18.4 Å². The zero-order valence-electron chi connectivity index (χ0n) is 14.1. The van der Waals surface area contributed by atoms with Crippen molar-refractivity contribution >= 4 is 5.91 Å². The van der Waals surface area contributed by atoms with Gasteiger partial charge in [0.25, 0.3) is 0 Å². The SMILES string of the molecule is CCCC(CCC)C(=O)NCCC(CCO)c1ccccc1. The summed E-state index contributed by atoms with van der Waals surface area (Å²) in [7, 11) is 0. The van der Waals surface area contributed by atoms with E-state index in [1.54, 1.807) is 0 Å². The molecule has 1 rings (SSSR count). The lowest BCUT2D eigenvalue weighted by molar-refractivity contribution is -0.125. The van der Waals surface area contributed by atoms with E-state index in [2.05, 4.69) is 31.3 Å². The summed E-state index contributed by atoms with van der Waals surface area (Å²) in [6.07, 6.45) is 5.66. The molecule has 3 nitrogen and oxygen atoms in total. The first-order valence-electron chi connectivity index (χ1n) is 8.66. The highest BCUT2D eigenvalue weighted by atomic mass is 16.3. The van der Waals surface area contributed by atoms with Crippen LogP contribution in [0.3, 0.4) is 0 Å². The van der Waals surface area contributed by atoms with E-state index >= 15 is 0 Å². The van der Waals surface area contributed by atoms with Crippen LogP contribution in [0.25, 0.3) is 0 Å². The fourth-order valence-electron chi connectivity index (χ4n) is 2.98. The second-order valence-electron chi connectivity index (χ2n) is 5.97. The standard InChI is InChI=1S/C19H31NO2/c1-3-8-18(9-4-2)19(22)20-14-12-17(13-15-21)16-10-6-5-7-11-16/h5-7,10-11,17-18,21H,3-4,8-9,12-15H2,1-2H3,(H,20,22). The fourth-order valence-corrected chi connectivity index (χ4v) is 2.98. The zero-order valence-corrected chi connectivity index (χ0v) is 14.1. The Balaban J connectivity index is 2.46. The molecule has 0 radical (unpaired) electrons. The number of aliphatic hydroxyl groups excluding tert-OH is 1. The molecule has 0 fully saturated rings. The summed E-state index contributed by atoms with van der Waals surface area (Å²) >= 11 is 0. The molecule has 0 aliphatic carbocycles. The van der Waals surface area contributed by atoms with Gasteiger partial charge in [0.1, 0.15) is 0 Å². The van der Waals surface area contributed by atoms with E-state index in [0.29, 0.717) is 12.5 Å². The van der Waals surface area contributed by atoms with Crippen LogP contribution in [0.4, 0.5) is 0 Å². The van der Waals surface area contributed by atoms with Crippen LogP contribution in [0, 0.1) is 5.92 Å². The molecule has 0 aliphatic heterocycles. The van der Waals surface area contributed by atoms with Crippen molar-refractivity contribution in [3.05, 3.63) is 35.9 Å². The molecule has 1 unspecified atom stereocenters. The van der Waals surface area contributed by atoms with Crippen LogP contribution in [-0.4, -0.2) is 24.2 Å². The summed E-state index contributed by atoms with van der Waals surface area (Å²) in [5.41, 5.74) is 1.24. The summed E-state index contributed by atoms with van der Waals surface area (Å²) in [5, 5.41) is 12.3. The lowest BCUT2D eigenvalue weighted by Crippen LogP contribution is -2.32. The second kappa shape index (κ2) is 11.2. The first kappa shape index (κ1) is 18.7. The largest absolute Gasteiger partial charge is 0.396 e.